The van der Waals surface area contributed by atoms with Crippen LogP contribution < -0.4 is 30.0 Å². The van der Waals surface area contributed by atoms with Crippen LogP contribution in [0.15, 0.2) is 84.9 Å². The van der Waals surface area contributed by atoms with Crippen molar-refractivity contribution in [3.05, 3.63) is 107 Å². The molecule has 6 aliphatic rings. The lowest BCUT2D eigenvalue weighted by Crippen LogP contribution is -2.27. The Kier molecular flexibility index (Phi) is 8.32. The van der Waals surface area contributed by atoms with E-state index in [1.54, 1.807) is 12.1 Å². The van der Waals surface area contributed by atoms with Gasteiger partial charge in [-0.2, -0.15) is 0 Å². The smallest absolute Gasteiger partial charge is 0.314 e. The van der Waals surface area contributed by atoms with Crippen molar-refractivity contribution in [1.82, 2.24) is 9.13 Å². The van der Waals surface area contributed by atoms with Crippen molar-refractivity contribution in [3.63, 3.8) is 0 Å². The van der Waals surface area contributed by atoms with Gasteiger partial charge in [-0.15, -0.1) is 0 Å². The van der Waals surface area contributed by atoms with Crippen LogP contribution in [0.5, 0.6) is 23.0 Å². The van der Waals surface area contributed by atoms with Crippen LogP contribution in [0.4, 0.5) is 11.4 Å². The number of carbonyl (C=O) groups is 2. The molecule has 2 saturated carbocycles. The van der Waals surface area contributed by atoms with Crippen LogP contribution in [0.2, 0.25) is 0 Å². The monoisotopic (exact) mass is 794 g/mol. The molecule has 304 valence electrons. The second-order valence-electron chi connectivity index (χ2n) is 18.3. The molecule has 11 heteroatoms. The summed E-state index contributed by atoms with van der Waals surface area (Å²) in [4.78, 5) is 24.3. The standard InChI is InChI=1S/C24H24N2O3.C13H16N2.C11H10O4/c1-23(2)9-10-26-18-5-4-17(11-15(18)12-21(23)26)25-22(27)24(7-8-24)16-3-6-19-20(13-16)29-14-28-19;1-13(2)5-6-15-11-4-3-10(14)7-9(11)8-12(13)15;12-10(13)11(3-4-11)7-1-2-8-9(5-7)15-6-14-8/h3-6,11-13H,7-10,14H2,1-2H3,(H,25,27);3-4,7-8H,5-6,14H2,1-2H3;1-2,5H,3-4,6H2,(H,12,13). The average molecular weight is 795 g/mol. The maximum absolute atomic E-state index is 13.2. The summed E-state index contributed by atoms with van der Waals surface area (Å²) >= 11 is 0. The Hall–Kier alpha value is -6.10. The van der Waals surface area contributed by atoms with Crippen molar-refractivity contribution in [1.29, 1.82) is 0 Å². The van der Waals surface area contributed by atoms with Crippen LogP contribution in [0.25, 0.3) is 21.8 Å². The van der Waals surface area contributed by atoms with Gasteiger partial charge >= 0.3 is 5.97 Å². The molecule has 0 radical (unpaired) electrons. The number of aliphatic carboxylic acids is 1. The third kappa shape index (κ3) is 6.24. The number of aryl methyl sites for hydroxylation is 2. The number of benzene rings is 4. The van der Waals surface area contributed by atoms with Gasteiger partial charge in [-0.25, -0.2) is 0 Å². The number of rotatable bonds is 5. The molecule has 4 N–H and O–H groups in total. The molecule has 0 bridgehead atoms. The molecular formula is C48H50N4O7. The van der Waals surface area contributed by atoms with Gasteiger partial charge in [0, 0.05) is 68.5 Å². The number of hydrogen-bond acceptors (Lipinski definition) is 7. The molecule has 4 aliphatic heterocycles. The molecule has 59 heavy (non-hydrogen) atoms. The second-order valence-corrected chi connectivity index (χ2v) is 18.3. The Morgan fingerprint density at radius 2 is 1.08 bits per heavy atom. The van der Waals surface area contributed by atoms with Crippen molar-refractivity contribution >= 4 is 45.1 Å². The summed E-state index contributed by atoms with van der Waals surface area (Å²) < 4.78 is 26.1. The van der Waals surface area contributed by atoms with E-state index in [0.29, 0.717) is 29.8 Å². The third-order valence-electron chi connectivity index (χ3n) is 13.6. The van der Waals surface area contributed by atoms with Crippen molar-refractivity contribution in [3.8, 4) is 23.0 Å². The minimum atomic E-state index is -0.749. The molecule has 4 aromatic carbocycles. The summed E-state index contributed by atoms with van der Waals surface area (Å²) in [6.45, 7) is 11.9. The molecule has 0 unspecified atom stereocenters. The molecule has 0 spiro atoms. The minimum Gasteiger partial charge on any atom is -0.481 e. The number of nitrogens with two attached hydrogens (primary N) is 1. The Balaban J connectivity index is 0.000000118. The minimum absolute atomic E-state index is 0.0581. The van der Waals surface area contributed by atoms with Gasteiger partial charge < -0.3 is 44.2 Å². The van der Waals surface area contributed by atoms with Gasteiger partial charge in [-0.3, -0.25) is 9.59 Å². The van der Waals surface area contributed by atoms with Crippen LogP contribution in [-0.4, -0.2) is 39.7 Å². The van der Waals surface area contributed by atoms with Crippen molar-refractivity contribution in [2.24, 2.45) is 0 Å². The number of amides is 1. The molecule has 2 aromatic heterocycles. The first-order valence-electron chi connectivity index (χ1n) is 20.6. The number of hydrogen-bond donors (Lipinski definition) is 3. The van der Waals surface area contributed by atoms with E-state index in [2.05, 4.69) is 78.5 Å². The zero-order valence-electron chi connectivity index (χ0n) is 34.0. The zero-order chi connectivity index (χ0) is 40.9. The lowest BCUT2D eigenvalue weighted by atomic mass is 9.88. The Morgan fingerprint density at radius 1 is 0.593 bits per heavy atom. The van der Waals surface area contributed by atoms with E-state index in [1.165, 1.54) is 46.0 Å². The number of fused-ring (bicyclic) bond motifs is 8. The van der Waals surface area contributed by atoms with E-state index in [0.717, 1.165) is 59.9 Å². The van der Waals surface area contributed by atoms with Crippen LogP contribution in [0, 0.1) is 0 Å². The summed E-state index contributed by atoms with van der Waals surface area (Å²) in [5.41, 5.74) is 14.1. The molecule has 2 fully saturated rings. The largest absolute Gasteiger partial charge is 0.481 e. The fraction of sp³-hybridized carbons (Fsp3) is 0.375. The predicted molar refractivity (Wildman–Crippen MR) is 227 cm³/mol. The number of carbonyl (C=O) groups excluding carboxylic acids is 1. The number of nitrogens with one attached hydrogen (secondary N) is 1. The maximum atomic E-state index is 13.2. The fourth-order valence-corrected chi connectivity index (χ4v) is 9.44. The normalized spacial score (nSPS) is 19.5. The van der Waals surface area contributed by atoms with Gasteiger partial charge in [0.2, 0.25) is 19.5 Å². The first-order valence-corrected chi connectivity index (χ1v) is 20.6. The Labute approximate surface area is 343 Å². The van der Waals surface area contributed by atoms with E-state index in [-0.39, 0.29) is 24.9 Å². The molecule has 0 saturated heterocycles. The highest BCUT2D eigenvalue weighted by Crippen LogP contribution is 2.52. The van der Waals surface area contributed by atoms with Gasteiger partial charge in [0.1, 0.15) is 0 Å². The fourth-order valence-electron chi connectivity index (χ4n) is 9.44. The number of carboxylic acid groups (broad SMARTS) is 1. The molecular weight excluding hydrogens is 745 g/mol. The number of carboxylic acids is 1. The molecule has 2 aliphatic carbocycles. The lowest BCUT2D eigenvalue weighted by Gasteiger charge is -2.16. The second kappa shape index (κ2) is 13.2. The average Bonchev–Trinajstić information content (AvgIpc) is 3.81. The third-order valence-corrected chi connectivity index (χ3v) is 13.6. The Morgan fingerprint density at radius 3 is 1.61 bits per heavy atom. The highest BCUT2D eigenvalue weighted by Gasteiger charge is 2.53. The SMILES string of the molecule is CC1(C)CCn2c1cc1cc(N)ccc12.CC1(C)CCn2c1cc1cc(NC(=O)C3(c4ccc5c(c4)OCO5)CC3)ccc12.O=C(O)C1(c2ccc3c(c2)OCO3)CC1. The van der Waals surface area contributed by atoms with E-state index < -0.39 is 16.8 Å². The van der Waals surface area contributed by atoms with E-state index in [4.69, 9.17) is 29.8 Å². The van der Waals surface area contributed by atoms with Crippen molar-refractivity contribution < 1.29 is 33.6 Å². The maximum Gasteiger partial charge on any atom is 0.314 e. The predicted octanol–water partition coefficient (Wildman–Crippen LogP) is 9.16. The molecule has 6 aromatic rings. The van der Waals surface area contributed by atoms with E-state index >= 15 is 0 Å². The summed E-state index contributed by atoms with van der Waals surface area (Å²) in [5, 5.41) is 14.8. The molecule has 11 nitrogen and oxygen atoms in total. The van der Waals surface area contributed by atoms with Crippen LogP contribution in [0.3, 0.4) is 0 Å². The van der Waals surface area contributed by atoms with Crippen LogP contribution in [0.1, 0.15) is 88.7 Å². The number of nitrogens with zero attached hydrogens (tertiary/aromatic N) is 2. The van der Waals surface area contributed by atoms with Crippen LogP contribution >= 0.6 is 0 Å². The lowest BCUT2D eigenvalue weighted by molar-refractivity contribution is -0.140. The van der Waals surface area contributed by atoms with Crippen molar-refractivity contribution in [2.75, 3.05) is 24.6 Å². The van der Waals surface area contributed by atoms with Crippen LogP contribution in [-0.2, 0) is 44.3 Å². The molecule has 6 heterocycles. The number of ether oxygens (including phenoxy) is 4. The van der Waals surface area contributed by atoms with Gasteiger partial charge in [0.15, 0.2) is 23.0 Å². The number of aromatic nitrogens is 2. The molecule has 0 atom stereocenters. The summed E-state index contributed by atoms with van der Waals surface area (Å²) in [7, 11) is 0. The quantitative estimate of drug-likeness (QED) is 0.147. The van der Waals surface area contributed by atoms with Gasteiger partial charge in [-0.05, 0) is 122 Å². The summed E-state index contributed by atoms with van der Waals surface area (Å²) in [6.07, 6.45) is 5.55. The topological polar surface area (TPSA) is 139 Å². The first kappa shape index (κ1) is 37.2. The Bertz CT molecular complexity index is 2700. The van der Waals surface area contributed by atoms with Gasteiger partial charge in [-0.1, -0.05) is 39.8 Å². The van der Waals surface area contributed by atoms with Gasteiger partial charge in [0.05, 0.1) is 10.8 Å². The molecule has 1 amide bonds. The number of nitrogen functional groups attached to an aromatic ring is 1. The highest BCUT2D eigenvalue weighted by molar-refractivity contribution is 6.02. The van der Waals surface area contributed by atoms with E-state index in [9.17, 15) is 9.59 Å². The first-order chi connectivity index (χ1) is 28.3. The number of anilines is 2. The zero-order valence-corrected chi connectivity index (χ0v) is 34.0. The van der Waals surface area contributed by atoms with Crippen molar-refractivity contribution in [2.45, 2.75) is 101 Å². The summed E-state index contributed by atoms with van der Waals surface area (Å²) in [5.74, 6) is 2.14. The highest BCUT2D eigenvalue weighted by atomic mass is 16.7. The summed E-state index contributed by atoms with van der Waals surface area (Å²) in [6, 6.07) is 28.2. The molecule has 12 rings (SSSR count). The van der Waals surface area contributed by atoms with Gasteiger partial charge in [0.25, 0.3) is 0 Å². The van der Waals surface area contributed by atoms with E-state index in [1.807, 2.05) is 36.4 Å².